The predicted molar refractivity (Wildman–Crippen MR) is 148 cm³/mol. The van der Waals surface area contributed by atoms with Gasteiger partial charge in [-0.1, -0.05) is 12.6 Å². The number of phenols is 1. The van der Waals surface area contributed by atoms with Gasteiger partial charge in [-0.05, 0) is 41.8 Å². The number of azo groups is 1. The first-order valence-corrected chi connectivity index (χ1v) is 15.4. The number of aromatic hydroxyl groups is 1. The van der Waals surface area contributed by atoms with Crippen molar-refractivity contribution in [2.75, 3.05) is 36.6 Å². The van der Waals surface area contributed by atoms with E-state index in [1.165, 1.54) is 24.3 Å². The van der Waals surface area contributed by atoms with E-state index in [4.69, 9.17) is 10.5 Å². The number of amides is 2. The van der Waals surface area contributed by atoms with Gasteiger partial charge >= 0.3 is 65.1 Å². The molecule has 3 aromatic carbocycles. The van der Waals surface area contributed by atoms with Crippen LogP contribution < -0.4 is 80.7 Å². The third kappa shape index (κ3) is 13.4. The van der Waals surface area contributed by atoms with Crippen molar-refractivity contribution in [3.05, 3.63) is 54.5 Å². The average molecular weight is 739 g/mol. The van der Waals surface area contributed by atoms with Crippen molar-refractivity contribution < 1.29 is 128 Å². The van der Waals surface area contributed by atoms with Gasteiger partial charge in [0.15, 0.2) is 9.84 Å². The number of anilines is 2. The number of nitrogen functional groups attached to an aromatic ring is 1. The van der Waals surface area contributed by atoms with E-state index >= 15 is 0 Å². The third-order valence-electron chi connectivity index (χ3n) is 5.26. The maximum atomic E-state index is 12.2. The van der Waals surface area contributed by atoms with Crippen LogP contribution in [0.1, 0.15) is 0 Å². The summed E-state index contributed by atoms with van der Waals surface area (Å²) in [5.41, 5.74) is 5.53. The topological polar surface area (TPSA) is 254 Å². The number of phenolic OH excluding ortho intramolecular Hbond substituents is 1. The molecule has 231 valence electrons. The molecule has 0 aliphatic heterocycles. The molecule has 3 rings (SSSR count). The summed E-state index contributed by atoms with van der Waals surface area (Å²) in [5.74, 6) is -0.673. The summed E-state index contributed by atoms with van der Waals surface area (Å²) in [7, 11) is -8.46. The predicted octanol–water partition coefficient (Wildman–Crippen LogP) is -3.62. The summed E-state index contributed by atoms with van der Waals surface area (Å²) < 4.78 is 67.6. The van der Waals surface area contributed by atoms with Crippen LogP contribution in [0.2, 0.25) is 0 Å². The minimum Gasteiger partial charge on any atom is -0.744 e. The Bertz CT molecular complexity index is 1730. The molecule has 0 bridgehead atoms. The number of carbonyl (C=O) groups excluding carboxylic acids is 1. The summed E-state index contributed by atoms with van der Waals surface area (Å²) in [6, 6.07) is 8.79. The standard InChI is InChI=1S/C23H25N5O11S3.2Na.V/c1-2-41(32,33)9-8-37-7-6-25-23(30)26-15-4-3-5-16(12-15)27-28-22-20-14(11-19(21(22)24)42(34,35)36)10-17(13-18(20)29)40-39-38-31;;;/h2-5,10-13,29,31H,1,6-9,24H2,(H2,25,26,30)(H,34,35,36);;;/q;2*+1;/p-2. The van der Waals surface area contributed by atoms with Gasteiger partial charge in [-0.3, -0.25) is 5.04 Å². The summed E-state index contributed by atoms with van der Waals surface area (Å²) in [6.45, 7) is 3.29. The van der Waals surface area contributed by atoms with Crippen molar-refractivity contribution >= 4 is 71.6 Å². The largest absolute Gasteiger partial charge is 1.00 e. The van der Waals surface area contributed by atoms with Crippen LogP contribution in [0.3, 0.4) is 0 Å². The molecule has 0 saturated heterocycles. The normalized spacial score (nSPS) is 11.2. The Labute approximate surface area is 318 Å². The second-order valence-electron chi connectivity index (χ2n) is 8.13. The quantitative estimate of drug-likeness (QED) is 0.0182. The molecule has 0 atom stereocenters. The number of hydrogen-bond acceptors (Lipinski definition) is 15. The molecule has 16 nitrogen and oxygen atoms in total. The van der Waals surface area contributed by atoms with Crippen LogP contribution in [0.4, 0.5) is 27.5 Å². The van der Waals surface area contributed by atoms with Crippen LogP contribution in [0.25, 0.3) is 10.8 Å². The second-order valence-corrected chi connectivity index (χ2v) is 12.3. The number of carbonyl (C=O) groups is 1. The Balaban J connectivity index is 0.00000645. The molecule has 0 aliphatic carbocycles. The molecule has 0 aromatic heterocycles. The number of benzene rings is 3. The number of rotatable bonds is 14. The summed E-state index contributed by atoms with van der Waals surface area (Å²) >= 11 is 0.420. The molecule has 5 N–H and O–H groups in total. The molecular weight excluding hydrogens is 715 g/mol. The van der Waals surface area contributed by atoms with Gasteiger partial charge in [0.1, 0.15) is 21.6 Å². The smallest absolute Gasteiger partial charge is 0.744 e. The minimum absolute atomic E-state index is 0. The van der Waals surface area contributed by atoms with Gasteiger partial charge in [0.2, 0.25) is 0 Å². The number of ether oxygens (including phenoxy) is 1. The molecule has 3 aromatic rings. The zero-order valence-electron chi connectivity index (χ0n) is 23.8. The van der Waals surface area contributed by atoms with Gasteiger partial charge in [-0.15, -0.1) is 5.11 Å². The first kappa shape index (κ1) is 43.8. The Hall–Kier alpha value is -1.24. The number of sulfone groups is 1. The van der Waals surface area contributed by atoms with Crippen molar-refractivity contribution in [2.24, 2.45) is 10.2 Å². The Morgan fingerprint density at radius 2 is 1.82 bits per heavy atom. The number of nitrogens with one attached hydrogen (secondary N) is 2. The molecule has 0 unspecified atom stereocenters. The molecule has 0 aliphatic rings. The van der Waals surface area contributed by atoms with E-state index in [-0.39, 0.29) is 130 Å². The molecule has 45 heavy (non-hydrogen) atoms. The second kappa shape index (κ2) is 20.2. The van der Waals surface area contributed by atoms with Crippen LogP contribution in [0.15, 0.2) is 74.5 Å². The zero-order valence-corrected chi connectivity index (χ0v) is 31.7. The fraction of sp³-hybridized carbons (Fsp3) is 0.174. The van der Waals surface area contributed by atoms with E-state index in [0.29, 0.717) is 17.7 Å². The van der Waals surface area contributed by atoms with E-state index in [0.717, 1.165) is 17.5 Å². The van der Waals surface area contributed by atoms with Crippen molar-refractivity contribution in [1.29, 1.82) is 0 Å². The minimum atomic E-state index is -5.08. The van der Waals surface area contributed by atoms with Gasteiger partial charge in [0, 0.05) is 41.1 Å². The fourth-order valence-electron chi connectivity index (χ4n) is 3.40. The molecule has 0 spiro atoms. The summed E-state index contributed by atoms with van der Waals surface area (Å²) in [6.07, 6.45) is 0. The molecule has 0 heterocycles. The van der Waals surface area contributed by atoms with Gasteiger partial charge in [0.05, 0.1) is 52.7 Å². The average Bonchev–Trinajstić information content (AvgIpc) is 2.92. The van der Waals surface area contributed by atoms with E-state index < -0.39 is 42.3 Å². The van der Waals surface area contributed by atoms with Crippen molar-refractivity contribution in [2.45, 2.75) is 9.79 Å². The molecule has 0 saturated carbocycles. The van der Waals surface area contributed by atoms with Gasteiger partial charge in [-0.25, -0.2) is 21.6 Å². The number of hydrogen-bond donors (Lipinski definition) is 4. The fourth-order valence-corrected chi connectivity index (χ4v) is 5.00. The van der Waals surface area contributed by atoms with Crippen molar-refractivity contribution in [1.82, 2.24) is 5.32 Å². The van der Waals surface area contributed by atoms with E-state index in [9.17, 15) is 36.5 Å². The van der Waals surface area contributed by atoms with Gasteiger partial charge in [0.25, 0.3) is 0 Å². The van der Waals surface area contributed by atoms with Crippen LogP contribution in [0.5, 0.6) is 5.75 Å². The van der Waals surface area contributed by atoms with Crippen LogP contribution >= 0.6 is 12.0 Å². The van der Waals surface area contributed by atoms with Crippen LogP contribution in [-0.2, 0) is 52.6 Å². The molecule has 22 heteroatoms. The summed E-state index contributed by atoms with van der Waals surface area (Å²) in [4.78, 5) is 11.5. The Morgan fingerprint density at radius 3 is 2.47 bits per heavy atom. The zero-order chi connectivity index (χ0) is 30.9. The Morgan fingerprint density at radius 1 is 1.11 bits per heavy atom. The molecule has 0 fully saturated rings. The van der Waals surface area contributed by atoms with Crippen molar-refractivity contribution in [3.63, 3.8) is 0 Å². The van der Waals surface area contributed by atoms with Gasteiger partial charge in [-0.2, -0.15) is 9.45 Å². The number of nitrogens with zero attached hydrogens (tertiary/aromatic N) is 2. The number of fused-ring (bicyclic) bond motifs is 1. The van der Waals surface area contributed by atoms with Crippen LogP contribution in [0, 0.1) is 0 Å². The molecule has 1 radical (unpaired) electrons. The third-order valence-corrected chi connectivity index (χ3v) is 7.93. The maximum absolute atomic E-state index is 12.2. The first-order valence-electron chi connectivity index (χ1n) is 11.5. The number of nitrogens with two attached hydrogens (primary N) is 1. The van der Waals surface area contributed by atoms with Crippen LogP contribution in [-0.4, -0.2) is 58.0 Å². The SMILES string of the molecule is C=CS(=O)(=O)CCOCCNC(=O)Nc1cccc(N=Nc2c(N)c(S(=O)(=O)[O-])cc3cc(SOO[O-])cc(O)c23)c1.[Na+].[Na+].[V]. The monoisotopic (exact) mass is 738 g/mol. The number of urea groups is 1. The Kier molecular flexibility index (Phi) is 19.6. The molecular formula is C23H23N5Na2O11S3V. The van der Waals surface area contributed by atoms with Gasteiger partial charge < -0.3 is 36.0 Å². The first-order chi connectivity index (χ1) is 19.8. The van der Waals surface area contributed by atoms with Crippen molar-refractivity contribution in [3.8, 4) is 5.75 Å². The van der Waals surface area contributed by atoms with E-state index in [1.54, 1.807) is 6.07 Å². The maximum Gasteiger partial charge on any atom is 1.00 e. The molecule has 2 amide bonds. The van der Waals surface area contributed by atoms with E-state index in [1.807, 2.05) is 0 Å². The van der Waals surface area contributed by atoms with E-state index in [2.05, 4.69) is 36.8 Å². The summed E-state index contributed by atoms with van der Waals surface area (Å²) in [5, 5.41) is 37.9.